The van der Waals surface area contributed by atoms with Crippen molar-refractivity contribution in [3.63, 3.8) is 0 Å². The SMILES string of the molecule is CCc1c(N2CCN(C(=O)c3nc(-c4cnn(CC5CC5)c4)ccc3O)CC2)c(=O)n2nc(C3=CCOCC3)nc2n1CC(=O)Nc1ccc(C(F)(F)F)cc1Cl. The van der Waals surface area contributed by atoms with Gasteiger partial charge in [0.05, 0.1) is 47.1 Å². The van der Waals surface area contributed by atoms with E-state index in [0.29, 0.717) is 42.8 Å². The van der Waals surface area contributed by atoms with Crippen LogP contribution in [0.2, 0.25) is 5.02 Å². The lowest BCUT2D eigenvalue weighted by molar-refractivity contribution is -0.137. The molecule has 0 bridgehead atoms. The highest BCUT2D eigenvalue weighted by molar-refractivity contribution is 6.33. The molecule has 2 amide bonds. The average Bonchev–Trinajstić information content (AvgIpc) is 3.69. The second-order valence-corrected chi connectivity index (χ2v) is 14.6. The highest BCUT2D eigenvalue weighted by atomic mass is 35.5. The summed E-state index contributed by atoms with van der Waals surface area (Å²) in [6, 6.07) is 5.73. The number of nitrogens with one attached hydrogen (secondary N) is 1. The number of hydrogen-bond acceptors (Lipinski definition) is 10. The smallest absolute Gasteiger partial charge is 0.416 e. The van der Waals surface area contributed by atoms with Gasteiger partial charge < -0.3 is 29.5 Å². The van der Waals surface area contributed by atoms with E-state index in [1.807, 2.05) is 28.8 Å². The van der Waals surface area contributed by atoms with Crippen molar-refractivity contribution < 1.29 is 32.6 Å². The molecule has 4 aromatic heterocycles. The number of carbonyl (C=O) groups excluding carboxylic acids is 2. The van der Waals surface area contributed by atoms with Crippen LogP contribution >= 0.6 is 11.6 Å². The molecule has 15 nitrogen and oxygen atoms in total. The number of piperazine rings is 1. The molecular formula is C38H38ClF3N10O5. The predicted molar refractivity (Wildman–Crippen MR) is 203 cm³/mol. The molecule has 2 N–H and O–H groups in total. The molecule has 5 aromatic rings. The topological polar surface area (TPSA) is 165 Å². The number of halogens is 4. The van der Waals surface area contributed by atoms with Crippen molar-refractivity contribution in [2.45, 2.75) is 51.9 Å². The largest absolute Gasteiger partial charge is 0.505 e. The molecule has 0 unspecified atom stereocenters. The summed E-state index contributed by atoms with van der Waals surface area (Å²) in [4.78, 5) is 54.3. The maximum absolute atomic E-state index is 14.3. The number of aromatic hydroxyl groups is 1. The van der Waals surface area contributed by atoms with Crippen molar-refractivity contribution in [1.82, 2.24) is 38.8 Å². The first-order chi connectivity index (χ1) is 27.4. The highest BCUT2D eigenvalue weighted by Crippen LogP contribution is 2.34. The van der Waals surface area contributed by atoms with E-state index in [-0.39, 0.29) is 72.8 Å². The molecule has 57 heavy (non-hydrogen) atoms. The molecule has 0 atom stereocenters. The molecule has 6 heterocycles. The molecule has 1 aliphatic carbocycles. The Labute approximate surface area is 328 Å². The maximum atomic E-state index is 14.3. The van der Waals surface area contributed by atoms with Crippen molar-refractivity contribution in [3.8, 4) is 17.0 Å². The Balaban J connectivity index is 1.07. The zero-order valence-corrected chi connectivity index (χ0v) is 31.6. The molecule has 3 aliphatic rings. The van der Waals surface area contributed by atoms with Crippen molar-refractivity contribution in [2.24, 2.45) is 5.92 Å². The molecule has 2 aliphatic heterocycles. The number of amides is 2. The van der Waals surface area contributed by atoms with Gasteiger partial charge in [-0.2, -0.15) is 27.8 Å². The van der Waals surface area contributed by atoms with Gasteiger partial charge in [0.1, 0.15) is 18.0 Å². The van der Waals surface area contributed by atoms with E-state index in [9.17, 15) is 32.7 Å². The Hall–Kier alpha value is -5.75. The van der Waals surface area contributed by atoms with Crippen molar-refractivity contribution >= 4 is 46.1 Å². The van der Waals surface area contributed by atoms with Gasteiger partial charge in [-0.25, -0.2) is 4.98 Å². The van der Waals surface area contributed by atoms with Crippen LogP contribution in [0.3, 0.4) is 0 Å². The summed E-state index contributed by atoms with van der Waals surface area (Å²) in [6.45, 7) is 3.89. The van der Waals surface area contributed by atoms with Crippen molar-refractivity contribution in [3.05, 3.63) is 87.0 Å². The maximum Gasteiger partial charge on any atom is 0.416 e. The summed E-state index contributed by atoms with van der Waals surface area (Å²) < 4.78 is 49.8. The van der Waals surface area contributed by atoms with Gasteiger partial charge in [-0.15, -0.1) is 5.10 Å². The minimum Gasteiger partial charge on any atom is -0.505 e. The van der Waals surface area contributed by atoms with Crippen molar-refractivity contribution in [2.75, 3.05) is 49.6 Å². The number of alkyl halides is 3. The number of nitrogens with zero attached hydrogens (tertiary/aromatic N) is 9. The molecule has 19 heteroatoms. The van der Waals surface area contributed by atoms with Crippen LogP contribution in [0.25, 0.3) is 22.6 Å². The van der Waals surface area contributed by atoms with E-state index in [0.717, 1.165) is 40.4 Å². The first kappa shape index (κ1) is 38.1. The fourth-order valence-corrected chi connectivity index (χ4v) is 7.36. The standard InChI is InChI=1S/C38H38ClF3N10O5/c1-2-29-33(48-11-13-49(14-12-48)35(55)32-30(53)8-7-27(45-32)24-18-43-50(20-24)19-22-3-4-22)36(56)52-37(46-34(47-52)23-9-15-57-16-10-23)51(29)21-31(54)44-28-6-5-25(17-26(28)39)38(40,41)42/h5-9,17-18,20,22,53H,2-4,10-16,19,21H2,1H3,(H,44,54). The number of aromatic nitrogens is 7. The Morgan fingerprint density at radius 2 is 1.88 bits per heavy atom. The number of anilines is 2. The Morgan fingerprint density at radius 1 is 1.09 bits per heavy atom. The molecule has 1 saturated carbocycles. The second kappa shape index (κ2) is 15.3. The quantitative estimate of drug-likeness (QED) is 0.198. The molecule has 8 rings (SSSR count). The summed E-state index contributed by atoms with van der Waals surface area (Å²) >= 11 is 6.15. The molecule has 1 aromatic carbocycles. The number of benzene rings is 1. The zero-order chi connectivity index (χ0) is 40.0. The van der Waals surface area contributed by atoms with E-state index < -0.39 is 29.1 Å². The van der Waals surface area contributed by atoms with Gasteiger partial charge in [0, 0.05) is 44.5 Å². The van der Waals surface area contributed by atoms with Crippen LogP contribution < -0.4 is 15.8 Å². The van der Waals surface area contributed by atoms with E-state index in [1.165, 1.54) is 18.9 Å². The lowest BCUT2D eigenvalue weighted by atomic mass is 10.1. The van der Waals surface area contributed by atoms with E-state index in [1.54, 1.807) is 21.7 Å². The Bertz CT molecular complexity index is 2470. The lowest BCUT2D eigenvalue weighted by Gasteiger charge is -2.36. The number of fused-ring (bicyclic) bond motifs is 1. The predicted octanol–water partition coefficient (Wildman–Crippen LogP) is 4.90. The molecule has 298 valence electrons. The Kier molecular flexibility index (Phi) is 10.2. The summed E-state index contributed by atoms with van der Waals surface area (Å²) in [5.41, 5.74) is 1.21. The summed E-state index contributed by atoms with van der Waals surface area (Å²) in [7, 11) is 0. The number of ether oxygens (including phenoxy) is 1. The average molecular weight is 807 g/mol. The highest BCUT2D eigenvalue weighted by Gasteiger charge is 2.33. The monoisotopic (exact) mass is 806 g/mol. The van der Waals surface area contributed by atoms with Gasteiger partial charge in [0.25, 0.3) is 11.5 Å². The van der Waals surface area contributed by atoms with Gasteiger partial charge in [-0.1, -0.05) is 24.6 Å². The zero-order valence-electron chi connectivity index (χ0n) is 30.8. The van der Waals surface area contributed by atoms with Crippen LogP contribution in [0.5, 0.6) is 5.75 Å². The molecule has 1 saturated heterocycles. The van der Waals surface area contributed by atoms with Crippen LogP contribution in [-0.2, 0) is 35.2 Å². The fraction of sp³-hybridized carbons (Fsp3) is 0.395. The molecule has 0 radical (unpaired) electrons. The van der Waals surface area contributed by atoms with Crippen LogP contribution in [-0.4, -0.2) is 95.1 Å². The normalized spacial score (nSPS) is 16.3. The summed E-state index contributed by atoms with van der Waals surface area (Å²) in [5.74, 6) is -0.316. The van der Waals surface area contributed by atoms with Crippen LogP contribution in [0.1, 0.15) is 53.8 Å². The first-order valence-corrected chi connectivity index (χ1v) is 19.0. The lowest BCUT2D eigenvalue weighted by Crippen LogP contribution is -2.51. The van der Waals surface area contributed by atoms with Gasteiger partial charge in [-0.3, -0.25) is 19.1 Å². The van der Waals surface area contributed by atoms with E-state index >= 15 is 0 Å². The second-order valence-electron chi connectivity index (χ2n) is 14.2. The van der Waals surface area contributed by atoms with E-state index in [2.05, 4.69) is 25.5 Å². The van der Waals surface area contributed by atoms with Gasteiger partial charge in [0.15, 0.2) is 11.5 Å². The minimum atomic E-state index is -4.62. The van der Waals surface area contributed by atoms with Crippen LogP contribution in [0.4, 0.5) is 24.5 Å². The van der Waals surface area contributed by atoms with Crippen molar-refractivity contribution in [1.29, 1.82) is 0 Å². The third-order valence-corrected chi connectivity index (χ3v) is 10.6. The number of rotatable bonds is 10. The van der Waals surface area contributed by atoms with Gasteiger partial charge in [-0.05, 0) is 67.5 Å². The molecule has 2 fully saturated rings. The third kappa shape index (κ3) is 7.83. The van der Waals surface area contributed by atoms with E-state index in [4.69, 9.17) is 16.3 Å². The van der Waals surface area contributed by atoms with Gasteiger partial charge >= 0.3 is 6.18 Å². The number of pyridine rings is 1. The van der Waals surface area contributed by atoms with Gasteiger partial charge in [0.2, 0.25) is 11.7 Å². The third-order valence-electron chi connectivity index (χ3n) is 10.3. The summed E-state index contributed by atoms with van der Waals surface area (Å²) in [6.07, 6.45) is 3.94. The number of carbonyl (C=O) groups is 2. The Morgan fingerprint density at radius 3 is 2.56 bits per heavy atom. The summed E-state index contributed by atoms with van der Waals surface area (Å²) in [5, 5.41) is 22.0. The fourth-order valence-electron chi connectivity index (χ4n) is 7.14. The molecular weight excluding hydrogens is 769 g/mol. The molecule has 0 spiro atoms. The minimum absolute atomic E-state index is 0.0185. The van der Waals surface area contributed by atoms with Crippen LogP contribution in [0, 0.1) is 5.92 Å². The number of hydrogen-bond donors (Lipinski definition) is 2. The first-order valence-electron chi connectivity index (χ1n) is 18.6. The van der Waals surface area contributed by atoms with Crippen LogP contribution in [0.15, 0.2) is 53.6 Å².